The summed E-state index contributed by atoms with van der Waals surface area (Å²) in [5.74, 6) is 0.0614. The molecular formula is C21H23ClN2O3S. The summed E-state index contributed by atoms with van der Waals surface area (Å²) in [6.07, 6.45) is 1.35. The number of nitrogens with zero attached hydrogens (tertiary/aromatic N) is 2. The van der Waals surface area contributed by atoms with E-state index in [2.05, 4.69) is 11.4 Å². The Morgan fingerprint density at radius 3 is 2.50 bits per heavy atom. The van der Waals surface area contributed by atoms with Crippen molar-refractivity contribution in [1.82, 2.24) is 9.80 Å². The minimum Gasteiger partial charge on any atom is -0.378 e. The summed E-state index contributed by atoms with van der Waals surface area (Å²) in [5.41, 5.74) is 2.24. The van der Waals surface area contributed by atoms with E-state index in [0.29, 0.717) is 37.9 Å². The number of ether oxygens (including phenoxy) is 1. The third kappa shape index (κ3) is 4.09. The molecule has 148 valence electrons. The van der Waals surface area contributed by atoms with Crippen LogP contribution in [-0.4, -0.2) is 54.5 Å². The van der Waals surface area contributed by atoms with Gasteiger partial charge in [-0.15, -0.1) is 11.3 Å². The predicted molar refractivity (Wildman–Crippen MR) is 110 cm³/mol. The maximum Gasteiger partial charge on any atom is 0.223 e. The molecule has 0 N–H and O–H groups in total. The minimum absolute atomic E-state index is 0.0263. The molecule has 1 aromatic carbocycles. The summed E-state index contributed by atoms with van der Waals surface area (Å²) < 4.78 is 5.29. The summed E-state index contributed by atoms with van der Waals surface area (Å²) in [6.45, 7) is 3.05. The molecule has 1 saturated heterocycles. The van der Waals surface area contributed by atoms with Crippen LogP contribution >= 0.6 is 22.9 Å². The first-order valence-corrected chi connectivity index (χ1v) is 10.9. The molecule has 0 saturated carbocycles. The van der Waals surface area contributed by atoms with Crippen molar-refractivity contribution < 1.29 is 14.3 Å². The van der Waals surface area contributed by atoms with E-state index in [1.807, 2.05) is 29.2 Å². The van der Waals surface area contributed by atoms with Gasteiger partial charge in [-0.1, -0.05) is 23.7 Å². The summed E-state index contributed by atoms with van der Waals surface area (Å²) in [5, 5.41) is 2.77. The molecule has 28 heavy (non-hydrogen) atoms. The van der Waals surface area contributed by atoms with Crippen LogP contribution in [0, 0.1) is 0 Å². The second-order valence-electron chi connectivity index (χ2n) is 7.08. The molecule has 7 heteroatoms. The highest BCUT2D eigenvalue weighted by atomic mass is 35.5. The number of thiophene rings is 1. The summed E-state index contributed by atoms with van der Waals surface area (Å²) >= 11 is 7.80. The van der Waals surface area contributed by atoms with E-state index in [0.717, 1.165) is 12.0 Å². The number of fused-ring (bicyclic) bond motifs is 1. The highest BCUT2D eigenvalue weighted by Gasteiger charge is 2.33. The molecule has 2 aliphatic heterocycles. The lowest BCUT2D eigenvalue weighted by molar-refractivity contribution is -0.140. The number of hydrogen-bond acceptors (Lipinski definition) is 4. The quantitative estimate of drug-likeness (QED) is 0.763. The Labute approximate surface area is 173 Å². The summed E-state index contributed by atoms with van der Waals surface area (Å²) in [6, 6.07) is 9.69. The number of halogens is 1. The lowest BCUT2D eigenvalue weighted by Gasteiger charge is -2.36. The molecule has 0 spiro atoms. The highest BCUT2D eigenvalue weighted by Crippen LogP contribution is 2.38. The molecule has 2 aromatic rings. The van der Waals surface area contributed by atoms with Crippen molar-refractivity contribution in [2.45, 2.75) is 25.3 Å². The molecule has 1 fully saturated rings. The van der Waals surface area contributed by atoms with E-state index in [9.17, 15) is 9.59 Å². The van der Waals surface area contributed by atoms with Crippen molar-refractivity contribution in [3.05, 3.63) is 56.7 Å². The van der Waals surface area contributed by atoms with Crippen LogP contribution in [0.15, 0.2) is 35.7 Å². The van der Waals surface area contributed by atoms with Gasteiger partial charge in [-0.05, 0) is 41.1 Å². The topological polar surface area (TPSA) is 49.9 Å². The van der Waals surface area contributed by atoms with Crippen LogP contribution in [0.4, 0.5) is 0 Å². The van der Waals surface area contributed by atoms with Crippen LogP contribution in [0.25, 0.3) is 0 Å². The first-order valence-electron chi connectivity index (χ1n) is 9.60. The molecule has 1 aromatic heterocycles. The van der Waals surface area contributed by atoms with Crippen molar-refractivity contribution in [2.24, 2.45) is 0 Å². The van der Waals surface area contributed by atoms with Crippen LogP contribution in [0.2, 0.25) is 5.02 Å². The lowest BCUT2D eigenvalue weighted by Crippen LogP contribution is -2.42. The molecule has 5 nitrogen and oxygen atoms in total. The van der Waals surface area contributed by atoms with Gasteiger partial charge in [0.05, 0.1) is 19.3 Å². The first kappa shape index (κ1) is 19.4. The first-order chi connectivity index (χ1) is 13.6. The summed E-state index contributed by atoms with van der Waals surface area (Å²) in [4.78, 5) is 30.5. The monoisotopic (exact) mass is 418 g/mol. The summed E-state index contributed by atoms with van der Waals surface area (Å²) in [7, 11) is 0. The number of hydrogen-bond donors (Lipinski definition) is 0. The molecule has 1 atom stereocenters. The number of carbonyl (C=O) groups is 2. The fourth-order valence-corrected chi connectivity index (χ4v) is 4.95. The average Bonchev–Trinajstić information content (AvgIpc) is 3.21. The van der Waals surface area contributed by atoms with Crippen molar-refractivity contribution in [2.75, 3.05) is 32.8 Å². The van der Waals surface area contributed by atoms with Crippen LogP contribution in [0.1, 0.15) is 34.9 Å². The van der Waals surface area contributed by atoms with Crippen LogP contribution in [-0.2, 0) is 20.7 Å². The van der Waals surface area contributed by atoms with E-state index in [4.69, 9.17) is 16.3 Å². The molecule has 4 rings (SSSR count). The fraction of sp³-hybridized carbons (Fsp3) is 0.429. The third-order valence-corrected chi connectivity index (χ3v) is 6.64. The van der Waals surface area contributed by atoms with Crippen LogP contribution in [0.3, 0.4) is 0 Å². The number of rotatable bonds is 4. The largest absolute Gasteiger partial charge is 0.378 e. The molecule has 0 bridgehead atoms. The predicted octanol–water partition coefficient (Wildman–Crippen LogP) is 3.51. The maximum atomic E-state index is 13.1. The standard InChI is InChI=1S/C21H23ClN2O3S/c22-16-3-1-15(2-4-16)21-17-8-14-28-18(17)7-9-24(21)20(26)6-5-19(25)23-10-12-27-13-11-23/h1-4,8,14,21H,5-7,9-13H2. The number of morpholine rings is 1. The smallest absolute Gasteiger partial charge is 0.223 e. The van der Waals surface area contributed by atoms with Gasteiger partial charge in [-0.25, -0.2) is 0 Å². The van der Waals surface area contributed by atoms with Gasteiger partial charge in [0.1, 0.15) is 0 Å². The van der Waals surface area contributed by atoms with Crippen molar-refractivity contribution in [1.29, 1.82) is 0 Å². The van der Waals surface area contributed by atoms with Gasteiger partial charge in [-0.2, -0.15) is 0 Å². The number of amides is 2. The van der Waals surface area contributed by atoms with Crippen molar-refractivity contribution in [3.63, 3.8) is 0 Å². The Hall–Kier alpha value is -1.89. The Bertz CT molecular complexity index is 846. The molecule has 3 heterocycles. The molecule has 2 aliphatic rings. The van der Waals surface area contributed by atoms with E-state index in [1.165, 1.54) is 10.4 Å². The van der Waals surface area contributed by atoms with Gasteiger partial charge < -0.3 is 14.5 Å². The SMILES string of the molecule is O=C(CCC(=O)N1CCc2sccc2C1c1ccc(Cl)cc1)N1CCOCC1. The zero-order valence-electron chi connectivity index (χ0n) is 15.6. The van der Waals surface area contributed by atoms with Crippen molar-refractivity contribution in [3.8, 4) is 0 Å². The van der Waals surface area contributed by atoms with Gasteiger partial charge in [0, 0.05) is 42.4 Å². The fourth-order valence-electron chi connectivity index (χ4n) is 3.92. The molecule has 1 unspecified atom stereocenters. The van der Waals surface area contributed by atoms with E-state index < -0.39 is 0 Å². The van der Waals surface area contributed by atoms with Crippen molar-refractivity contribution >= 4 is 34.8 Å². The van der Waals surface area contributed by atoms with Gasteiger partial charge in [0.15, 0.2) is 0 Å². The Morgan fingerprint density at radius 2 is 1.75 bits per heavy atom. The van der Waals surface area contributed by atoms with Gasteiger partial charge in [0.25, 0.3) is 0 Å². The van der Waals surface area contributed by atoms with Crippen LogP contribution < -0.4 is 0 Å². The van der Waals surface area contributed by atoms with E-state index >= 15 is 0 Å². The number of benzene rings is 1. The zero-order chi connectivity index (χ0) is 19.5. The molecule has 0 aliphatic carbocycles. The Kier molecular flexibility index (Phi) is 5.99. The van der Waals surface area contributed by atoms with Gasteiger partial charge in [0.2, 0.25) is 11.8 Å². The molecule has 0 radical (unpaired) electrons. The van der Waals surface area contributed by atoms with Gasteiger partial charge >= 0.3 is 0 Å². The van der Waals surface area contributed by atoms with Gasteiger partial charge in [-0.3, -0.25) is 9.59 Å². The van der Waals surface area contributed by atoms with E-state index in [-0.39, 0.29) is 30.7 Å². The van der Waals surface area contributed by atoms with E-state index in [1.54, 1.807) is 16.2 Å². The number of carbonyl (C=O) groups excluding carboxylic acids is 2. The molecular weight excluding hydrogens is 396 g/mol. The second-order valence-corrected chi connectivity index (χ2v) is 8.52. The average molecular weight is 419 g/mol. The third-order valence-electron chi connectivity index (χ3n) is 5.39. The minimum atomic E-state index is -0.113. The highest BCUT2D eigenvalue weighted by molar-refractivity contribution is 7.10. The lowest BCUT2D eigenvalue weighted by atomic mass is 9.93. The Balaban J connectivity index is 1.49. The second kappa shape index (κ2) is 8.64. The normalized spacial score (nSPS) is 19.4. The molecule has 2 amide bonds. The zero-order valence-corrected chi connectivity index (χ0v) is 17.2. The van der Waals surface area contributed by atoms with Crippen LogP contribution in [0.5, 0.6) is 0 Å². The maximum absolute atomic E-state index is 13.1. The Morgan fingerprint density at radius 1 is 1.04 bits per heavy atom.